The van der Waals surface area contributed by atoms with Gasteiger partial charge < -0.3 is 9.84 Å². The van der Waals surface area contributed by atoms with Crippen LogP contribution in [-0.4, -0.2) is 36.3 Å². The zero-order chi connectivity index (χ0) is 13.1. The second-order valence-corrected chi connectivity index (χ2v) is 5.13. The Kier molecular flexibility index (Phi) is 4.54. The molecule has 0 aliphatic heterocycles. The number of hydrogen-bond acceptors (Lipinski definition) is 3. The molecule has 3 nitrogen and oxygen atoms in total. The van der Waals surface area contributed by atoms with Crippen molar-refractivity contribution in [2.45, 2.75) is 32.9 Å². The predicted molar refractivity (Wildman–Crippen MR) is 70.4 cm³/mol. The molecule has 0 bridgehead atoms. The molecule has 0 saturated heterocycles. The Bertz CT molecular complexity index is 374. The zero-order valence-electron chi connectivity index (χ0n) is 11.4. The van der Waals surface area contributed by atoms with Crippen molar-refractivity contribution in [1.29, 1.82) is 0 Å². The van der Waals surface area contributed by atoms with Gasteiger partial charge in [0.1, 0.15) is 5.75 Å². The SMILES string of the molecule is COc1ccc(CN(C)C(C)(C)CO)cc1C. The summed E-state index contributed by atoms with van der Waals surface area (Å²) in [7, 11) is 3.71. The number of ether oxygens (including phenoxy) is 1. The van der Waals surface area contributed by atoms with Gasteiger partial charge in [-0.3, -0.25) is 4.90 Å². The van der Waals surface area contributed by atoms with Crippen LogP contribution < -0.4 is 4.74 Å². The molecular weight excluding hydrogens is 214 g/mol. The summed E-state index contributed by atoms with van der Waals surface area (Å²) in [5, 5.41) is 9.32. The van der Waals surface area contributed by atoms with Crippen LogP contribution in [-0.2, 0) is 6.54 Å². The lowest BCUT2D eigenvalue weighted by molar-refractivity contribution is 0.0734. The molecule has 1 N–H and O–H groups in total. The van der Waals surface area contributed by atoms with Crippen LogP contribution in [0.4, 0.5) is 0 Å². The van der Waals surface area contributed by atoms with Gasteiger partial charge in [-0.1, -0.05) is 12.1 Å². The molecule has 1 rings (SSSR count). The number of aliphatic hydroxyl groups is 1. The van der Waals surface area contributed by atoms with E-state index in [2.05, 4.69) is 17.0 Å². The molecule has 0 heterocycles. The Morgan fingerprint density at radius 1 is 1.35 bits per heavy atom. The highest BCUT2D eigenvalue weighted by Crippen LogP contribution is 2.21. The summed E-state index contributed by atoms with van der Waals surface area (Å²) < 4.78 is 5.24. The van der Waals surface area contributed by atoms with Gasteiger partial charge in [0.25, 0.3) is 0 Å². The largest absolute Gasteiger partial charge is 0.496 e. The van der Waals surface area contributed by atoms with Gasteiger partial charge in [-0.2, -0.15) is 0 Å². The number of benzene rings is 1. The van der Waals surface area contributed by atoms with Gasteiger partial charge in [0.15, 0.2) is 0 Å². The lowest BCUT2D eigenvalue weighted by atomic mass is 10.0. The number of aryl methyl sites for hydroxylation is 1. The molecule has 1 aromatic rings. The molecule has 0 aliphatic rings. The molecule has 0 fully saturated rings. The van der Waals surface area contributed by atoms with Crippen LogP contribution in [0.1, 0.15) is 25.0 Å². The van der Waals surface area contributed by atoms with Gasteiger partial charge in [-0.05, 0) is 45.0 Å². The van der Waals surface area contributed by atoms with Crippen molar-refractivity contribution in [3.8, 4) is 5.75 Å². The van der Waals surface area contributed by atoms with Gasteiger partial charge in [-0.25, -0.2) is 0 Å². The Balaban J connectivity index is 2.79. The average molecular weight is 237 g/mol. The third kappa shape index (κ3) is 3.45. The minimum absolute atomic E-state index is 0.151. The fourth-order valence-corrected chi connectivity index (χ4v) is 1.65. The van der Waals surface area contributed by atoms with E-state index in [1.807, 2.05) is 33.9 Å². The lowest BCUT2D eigenvalue weighted by Crippen LogP contribution is -2.43. The molecule has 0 radical (unpaired) electrons. The van der Waals surface area contributed by atoms with Gasteiger partial charge in [0.2, 0.25) is 0 Å². The van der Waals surface area contributed by atoms with Crippen LogP contribution in [0, 0.1) is 6.92 Å². The van der Waals surface area contributed by atoms with Crippen molar-refractivity contribution in [2.24, 2.45) is 0 Å². The second-order valence-electron chi connectivity index (χ2n) is 5.13. The first-order valence-electron chi connectivity index (χ1n) is 5.86. The normalized spacial score (nSPS) is 11.9. The summed E-state index contributed by atoms with van der Waals surface area (Å²) in [6.07, 6.45) is 0. The van der Waals surface area contributed by atoms with Crippen LogP contribution in [0.15, 0.2) is 18.2 Å². The Labute approximate surface area is 104 Å². The highest BCUT2D eigenvalue weighted by Gasteiger charge is 2.22. The molecule has 0 spiro atoms. The van der Waals surface area contributed by atoms with E-state index < -0.39 is 0 Å². The fraction of sp³-hybridized carbons (Fsp3) is 0.571. The Morgan fingerprint density at radius 3 is 2.47 bits per heavy atom. The summed E-state index contributed by atoms with van der Waals surface area (Å²) in [4.78, 5) is 2.15. The third-order valence-corrected chi connectivity index (χ3v) is 3.30. The monoisotopic (exact) mass is 237 g/mol. The summed E-state index contributed by atoms with van der Waals surface area (Å²) in [5.41, 5.74) is 2.17. The maximum Gasteiger partial charge on any atom is 0.121 e. The lowest BCUT2D eigenvalue weighted by Gasteiger charge is -2.34. The standard InChI is InChI=1S/C14H23NO2/c1-11-8-12(6-7-13(11)17-5)9-15(4)14(2,3)10-16/h6-8,16H,9-10H2,1-5H3. The Hall–Kier alpha value is -1.06. The molecule has 0 saturated carbocycles. The van der Waals surface area contributed by atoms with Gasteiger partial charge in [0.05, 0.1) is 13.7 Å². The molecule has 0 amide bonds. The first-order chi connectivity index (χ1) is 7.90. The van der Waals surface area contributed by atoms with E-state index in [1.165, 1.54) is 5.56 Å². The minimum atomic E-state index is -0.201. The van der Waals surface area contributed by atoms with Crippen LogP contribution in [0.25, 0.3) is 0 Å². The van der Waals surface area contributed by atoms with Crippen molar-refractivity contribution < 1.29 is 9.84 Å². The number of methoxy groups -OCH3 is 1. The molecular formula is C14H23NO2. The van der Waals surface area contributed by atoms with Crippen molar-refractivity contribution >= 4 is 0 Å². The third-order valence-electron chi connectivity index (χ3n) is 3.30. The highest BCUT2D eigenvalue weighted by atomic mass is 16.5. The summed E-state index contributed by atoms with van der Waals surface area (Å²) in [6, 6.07) is 6.18. The number of aliphatic hydroxyl groups excluding tert-OH is 1. The maximum atomic E-state index is 9.32. The van der Waals surface area contributed by atoms with Crippen molar-refractivity contribution in [1.82, 2.24) is 4.90 Å². The fourth-order valence-electron chi connectivity index (χ4n) is 1.65. The number of likely N-dealkylation sites (N-methyl/N-ethyl adjacent to an activating group) is 1. The number of rotatable bonds is 5. The number of hydrogen-bond donors (Lipinski definition) is 1. The maximum absolute atomic E-state index is 9.32. The van der Waals surface area contributed by atoms with Gasteiger partial charge in [-0.15, -0.1) is 0 Å². The average Bonchev–Trinajstić information content (AvgIpc) is 2.29. The molecule has 0 aromatic heterocycles. The van der Waals surface area contributed by atoms with E-state index >= 15 is 0 Å². The van der Waals surface area contributed by atoms with E-state index in [0.29, 0.717) is 0 Å². The highest BCUT2D eigenvalue weighted by molar-refractivity contribution is 5.36. The van der Waals surface area contributed by atoms with Crippen LogP contribution in [0.5, 0.6) is 5.75 Å². The van der Waals surface area contributed by atoms with E-state index in [9.17, 15) is 5.11 Å². The van der Waals surface area contributed by atoms with Crippen LogP contribution in [0.3, 0.4) is 0 Å². The molecule has 1 aromatic carbocycles. The van der Waals surface area contributed by atoms with E-state index in [4.69, 9.17) is 4.74 Å². The molecule has 3 heteroatoms. The molecule has 0 aliphatic carbocycles. The van der Waals surface area contributed by atoms with Crippen molar-refractivity contribution in [3.05, 3.63) is 29.3 Å². The first-order valence-corrected chi connectivity index (χ1v) is 5.86. The van der Waals surface area contributed by atoms with E-state index in [1.54, 1.807) is 7.11 Å². The van der Waals surface area contributed by atoms with Crippen molar-refractivity contribution in [2.75, 3.05) is 20.8 Å². The summed E-state index contributed by atoms with van der Waals surface area (Å²) >= 11 is 0. The molecule has 0 unspecified atom stereocenters. The summed E-state index contributed by atoms with van der Waals surface area (Å²) in [5.74, 6) is 0.915. The smallest absolute Gasteiger partial charge is 0.121 e. The first kappa shape index (κ1) is 14.0. The topological polar surface area (TPSA) is 32.7 Å². The van der Waals surface area contributed by atoms with Crippen LogP contribution >= 0.6 is 0 Å². The van der Waals surface area contributed by atoms with Gasteiger partial charge in [0, 0.05) is 12.1 Å². The van der Waals surface area contributed by atoms with E-state index in [-0.39, 0.29) is 12.1 Å². The molecule has 17 heavy (non-hydrogen) atoms. The summed E-state index contributed by atoms with van der Waals surface area (Å²) in [6.45, 7) is 7.07. The second kappa shape index (κ2) is 5.52. The van der Waals surface area contributed by atoms with Gasteiger partial charge >= 0.3 is 0 Å². The molecule has 0 atom stereocenters. The van der Waals surface area contributed by atoms with E-state index in [0.717, 1.165) is 17.9 Å². The zero-order valence-corrected chi connectivity index (χ0v) is 11.4. The predicted octanol–water partition coefficient (Wildman–Crippen LogP) is 2.21. The minimum Gasteiger partial charge on any atom is -0.496 e. The Morgan fingerprint density at radius 2 is 2.00 bits per heavy atom. The number of nitrogens with zero attached hydrogens (tertiary/aromatic N) is 1. The quantitative estimate of drug-likeness (QED) is 0.852. The van der Waals surface area contributed by atoms with Crippen molar-refractivity contribution in [3.63, 3.8) is 0 Å². The van der Waals surface area contributed by atoms with Crippen LogP contribution in [0.2, 0.25) is 0 Å². The molecule has 96 valence electrons.